The maximum Gasteiger partial charge on any atom is 0.294 e. The van der Waals surface area contributed by atoms with Gasteiger partial charge in [-0.1, -0.05) is 6.07 Å². The molecule has 1 heterocycles. The summed E-state index contributed by atoms with van der Waals surface area (Å²) >= 11 is 0. The number of rotatable bonds is 4. The maximum absolute atomic E-state index is 10.8. The third-order valence-electron chi connectivity index (χ3n) is 3.13. The molecule has 1 aliphatic rings. The fourth-order valence-corrected chi connectivity index (χ4v) is 2.11. The van der Waals surface area contributed by atoms with E-state index in [0.717, 1.165) is 0 Å². The van der Waals surface area contributed by atoms with E-state index in [1.54, 1.807) is 6.07 Å². The molecule has 8 heteroatoms. The van der Waals surface area contributed by atoms with E-state index in [4.69, 9.17) is 21.4 Å². The molecule has 2 unspecified atom stereocenters. The van der Waals surface area contributed by atoms with Gasteiger partial charge in [-0.15, -0.1) is 0 Å². The molecule has 0 bridgehead atoms. The lowest BCUT2D eigenvalue weighted by atomic mass is 10.2. The summed E-state index contributed by atoms with van der Waals surface area (Å²) in [6, 6.07) is 4.43. The lowest BCUT2D eigenvalue weighted by molar-refractivity contribution is -0.383. The van der Waals surface area contributed by atoms with E-state index in [1.807, 2.05) is 0 Å². The highest BCUT2D eigenvalue weighted by molar-refractivity contribution is 5.76. The van der Waals surface area contributed by atoms with Gasteiger partial charge < -0.3 is 15.6 Å². The second-order valence-electron chi connectivity index (χ2n) is 4.35. The molecule has 104 valence electrons. The minimum atomic E-state index is -0.557. The zero-order valence-electron chi connectivity index (χ0n) is 10.2. The highest BCUT2D eigenvalue weighted by atomic mass is 16.6. The average molecular weight is 268 g/mol. The smallest absolute Gasteiger partial charge is 0.294 e. The van der Waals surface area contributed by atoms with E-state index in [2.05, 4.69) is 0 Å². The average Bonchev–Trinajstić information content (AvgIpc) is 2.86. The van der Waals surface area contributed by atoms with Gasteiger partial charge in [0, 0.05) is 6.07 Å². The van der Waals surface area contributed by atoms with Gasteiger partial charge >= 0.3 is 0 Å². The largest absolute Gasteiger partial charge is 0.394 e. The fraction of sp³-hybridized carbons (Fsp3) is 0.455. The summed E-state index contributed by atoms with van der Waals surface area (Å²) in [5, 5.41) is 21.1. The van der Waals surface area contributed by atoms with Crippen molar-refractivity contribution in [1.82, 2.24) is 0 Å². The number of hydrogen-bond donors (Lipinski definition) is 3. The van der Waals surface area contributed by atoms with Crippen LogP contribution in [0.15, 0.2) is 18.2 Å². The predicted octanol–water partition coefficient (Wildman–Crippen LogP) is 0.354. The zero-order chi connectivity index (χ0) is 14.0. The number of nitro groups is 1. The molecule has 2 rings (SSSR count). The van der Waals surface area contributed by atoms with E-state index in [0.29, 0.717) is 18.5 Å². The molecule has 0 amide bonds. The lowest BCUT2D eigenvalue weighted by Crippen LogP contribution is -2.42. The third kappa shape index (κ3) is 2.60. The number of benzene rings is 1. The topological polar surface area (TPSA) is 128 Å². The highest BCUT2D eigenvalue weighted by Crippen LogP contribution is 2.33. The quantitative estimate of drug-likeness (QED) is 0.311. The van der Waals surface area contributed by atoms with Crippen LogP contribution in [0.4, 0.5) is 17.1 Å². The third-order valence-corrected chi connectivity index (χ3v) is 3.13. The van der Waals surface area contributed by atoms with E-state index < -0.39 is 11.2 Å². The Bertz CT molecular complexity index is 482. The van der Waals surface area contributed by atoms with Crippen LogP contribution in [0.25, 0.3) is 0 Å². The Morgan fingerprint density at radius 2 is 2.26 bits per heavy atom. The molecular weight excluding hydrogens is 252 g/mol. The van der Waals surface area contributed by atoms with Gasteiger partial charge in [0.15, 0.2) is 0 Å². The first-order valence-electron chi connectivity index (χ1n) is 5.87. The number of para-hydroxylation sites is 1. The van der Waals surface area contributed by atoms with Crippen LogP contribution in [0.3, 0.4) is 0 Å². The van der Waals surface area contributed by atoms with Crippen molar-refractivity contribution in [2.75, 3.05) is 17.3 Å². The van der Waals surface area contributed by atoms with Gasteiger partial charge in [-0.05, 0) is 18.9 Å². The summed E-state index contributed by atoms with van der Waals surface area (Å²) in [4.78, 5) is 10.3. The molecule has 8 nitrogen and oxygen atoms in total. The van der Waals surface area contributed by atoms with E-state index in [-0.39, 0.29) is 24.1 Å². The molecule has 1 aromatic carbocycles. The monoisotopic (exact) mass is 268 g/mol. The molecule has 0 aliphatic carbocycles. The number of aliphatic hydroxyl groups excluding tert-OH is 1. The first-order valence-corrected chi connectivity index (χ1v) is 5.87. The molecular formula is C11H16N4O4. The van der Waals surface area contributed by atoms with Crippen molar-refractivity contribution < 1.29 is 14.8 Å². The minimum Gasteiger partial charge on any atom is -0.394 e. The summed E-state index contributed by atoms with van der Waals surface area (Å²) in [7, 11) is 0. The molecule has 1 aromatic rings. The van der Waals surface area contributed by atoms with Gasteiger partial charge in [0.25, 0.3) is 5.69 Å². The SMILES string of the molecule is Nc1c(N(N)C2CCC(CO)O2)cccc1[N+](=O)[O-]. The van der Waals surface area contributed by atoms with Crippen molar-refractivity contribution in [3.05, 3.63) is 28.3 Å². The standard InChI is InChI=1S/C11H16N4O4/c12-11-8(2-1-3-9(11)15(17)18)14(13)10-5-4-7(6-16)19-10/h1-3,7,10,16H,4-6,12-13H2. The minimum absolute atomic E-state index is 0.00560. The Balaban J connectivity index is 2.22. The first kappa shape index (κ1) is 13.5. The van der Waals surface area contributed by atoms with Crippen molar-refractivity contribution in [2.24, 2.45) is 5.84 Å². The number of hydrogen-bond acceptors (Lipinski definition) is 7. The Morgan fingerprint density at radius 1 is 1.53 bits per heavy atom. The maximum atomic E-state index is 10.8. The van der Waals surface area contributed by atoms with Crippen LogP contribution in [-0.4, -0.2) is 29.0 Å². The molecule has 1 saturated heterocycles. The van der Waals surface area contributed by atoms with Crippen molar-refractivity contribution in [3.63, 3.8) is 0 Å². The number of aliphatic hydroxyl groups is 1. The van der Waals surface area contributed by atoms with Crippen LogP contribution in [0, 0.1) is 10.1 Å². The van der Waals surface area contributed by atoms with Crippen LogP contribution < -0.4 is 16.6 Å². The Kier molecular flexibility index (Phi) is 3.84. The normalized spacial score (nSPS) is 22.4. The molecule has 1 aliphatic heterocycles. The van der Waals surface area contributed by atoms with Gasteiger partial charge in [-0.3, -0.25) is 15.1 Å². The van der Waals surface area contributed by atoms with Gasteiger partial charge in [-0.25, -0.2) is 5.84 Å². The molecule has 5 N–H and O–H groups in total. The molecule has 0 saturated carbocycles. The predicted molar refractivity (Wildman–Crippen MR) is 69.2 cm³/mol. The Labute approximate surface area is 109 Å². The molecule has 0 aromatic heterocycles. The van der Waals surface area contributed by atoms with Gasteiger partial charge in [0.1, 0.15) is 11.9 Å². The number of ether oxygens (including phenoxy) is 1. The van der Waals surface area contributed by atoms with Crippen LogP contribution in [0.1, 0.15) is 12.8 Å². The molecule has 1 fully saturated rings. The number of nitrogens with two attached hydrogens (primary N) is 2. The van der Waals surface area contributed by atoms with Gasteiger partial charge in [-0.2, -0.15) is 0 Å². The summed E-state index contributed by atoms with van der Waals surface area (Å²) < 4.78 is 5.51. The summed E-state index contributed by atoms with van der Waals surface area (Å²) in [5.41, 5.74) is 5.91. The van der Waals surface area contributed by atoms with Gasteiger partial charge in [0.2, 0.25) is 0 Å². The summed E-state index contributed by atoms with van der Waals surface area (Å²) in [6.07, 6.45) is 0.616. The van der Waals surface area contributed by atoms with Crippen molar-refractivity contribution in [2.45, 2.75) is 25.2 Å². The van der Waals surface area contributed by atoms with Gasteiger partial charge in [0.05, 0.1) is 23.3 Å². The van der Waals surface area contributed by atoms with E-state index in [9.17, 15) is 10.1 Å². The summed E-state index contributed by atoms with van der Waals surface area (Å²) in [6.45, 7) is -0.0746. The highest BCUT2D eigenvalue weighted by Gasteiger charge is 2.30. The van der Waals surface area contributed by atoms with Crippen molar-refractivity contribution >= 4 is 17.1 Å². The Hall–Kier alpha value is -1.90. The van der Waals surface area contributed by atoms with Crippen molar-refractivity contribution in [3.8, 4) is 0 Å². The second-order valence-corrected chi connectivity index (χ2v) is 4.35. The first-order chi connectivity index (χ1) is 9.04. The van der Waals surface area contributed by atoms with Crippen LogP contribution >= 0.6 is 0 Å². The molecule has 2 atom stereocenters. The van der Waals surface area contributed by atoms with E-state index in [1.165, 1.54) is 17.1 Å². The molecule has 0 spiro atoms. The molecule has 19 heavy (non-hydrogen) atoms. The number of nitrogen functional groups attached to an aromatic ring is 1. The molecule has 0 radical (unpaired) electrons. The van der Waals surface area contributed by atoms with Crippen LogP contribution in [0.2, 0.25) is 0 Å². The second kappa shape index (κ2) is 5.39. The number of hydrazine groups is 1. The number of nitro benzene ring substituents is 1. The number of anilines is 2. The van der Waals surface area contributed by atoms with Crippen LogP contribution in [-0.2, 0) is 4.74 Å². The number of nitrogens with zero attached hydrogens (tertiary/aromatic N) is 2. The fourth-order valence-electron chi connectivity index (χ4n) is 2.11. The summed E-state index contributed by atoms with van der Waals surface area (Å²) in [5.74, 6) is 5.91. The van der Waals surface area contributed by atoms with E-state index >= 15 is 0 Å². The van der Waals surface area contributed by atoms with Crippen molar-refractivity contribution in [1.29, 1.82) is 0 Å². The van der Waals surface area contributed by atoms with Crippen LogP contribution in [0.5, 0.6) is 0 Å². The lowest BCUT2D eigenvalue weighted by Gasteiger charge is -2.26. The Morgan fingerprint density at radius 3 is 2.84 bits per heavy atom. The zero-order valence-corrected chi connectivity index (χ0v) is 10.2.